The molecule has 0 radical (unpaired) electrons. The fourth-order valence-corrected chi connectivity index (χ4v) is 3.87. The van der Waals surface area contributed by atoms with E-state index in [4.69, 9.17) is 16.0 Å². The van der Waals surface area contributed by atoms with Gasteiger partial charge in [0.1, 0.15) is 17.0 Å². The number of rotatable bonds is 8. The van der Waals surface area contributed by atoms with Gasteiger partial charge in [0.2, 0.25) is 5.89 Å². The van der Waals surface area contributed by atoms with Crippen molar-refractivity contribution in [2.45, 2.75) is 26.3 Å². The maximum atomic E-state index is 13.1. The third-order valence-electron chi connectivity index (χ3n) is 5.45. The number of benzene rings is 2. The Morgan fingerprint density at radius 1 is 1.24 bits per heavy atom. The quantitative estimate of drug-likeness (QED) is 0.274. The molecule has 0 bridgehead atoms. The first-order valence-corrected chi connectivity index (χ1v) is 11.6. The summed E-state index contributed by atoms with van der Waals surface area (Å²) in [6.07, 6.45) is 0.924. The van der Waals surface area contributed by atoms with Crippen molar-refractivity contribution in [3.05, 3.63) is 83.1 Å². The van der Waals surface area contributed by atoms with Crippen LogP contribution in [0, 0.1) is 0 Å². The van der Waals surface area contributed by atoms with Gasteiger partial charge in [-0.25, -0.2) is 4.98 Å². The molecule has 0 saturated carbocycles. The van der Waals surface area contributed by atoms with Crippen molar-refractivity contribution in [2.75, 3.05) is 6.54 Å². The van der Waals surface area contributed by atoms with Gasteiger partial charge >= 0.3 is 6.36 Å². The molecule has 37 heavy (non-hydrogen) atoms. The Hall–Kier alpha value is -4.05. The van der Waals surface area contributed by atoms with E-state index in [-0.39, 0.29) is 24.1 Å². The number of hydrogen-bond donors (Lipinski definition) is 1. The summed E-state index contributed by atoms with van der Waals surface area (Å²) in [6, 6.07) is 10.8. The average Bonchev–Trinajstić information content (AvgIpc) is 3.28. The fourth-order valence-electron chi connectivity index (χ4n) is 3.74. The largest absolute Gasteiger partial charge is 0.573 e. The molecular formula is C26H22ClF3N4O3. The van der Waals surface area contributed by atoms with Crippen LogP contribution in [0.3, 0.4) is 0 Å². The predicted octanol–water partition coefficient (Wildman–Crippen LogP) is 6.28. The molecule has 192 valence electrons. The van der Waals surface area contributed by atoms with Crippen molar-refractivity contribution in [2.24, 2.45) is 4.99 Å². The van der Waals surface area contributed by atoms with Gasteiger partial charge in [-0.3, -0.25) is 9.79 Å². The number of fused-ring (bicyclic) bond motifs is 1. The zero-order chi connectivity index (χ0) is 26.6. The summed E-state index contributed by atoms with van der Waals surface area (Å²) < 4.78 is 46.9. The number of oxazole rings is 1. The summed E-state index contributed by atoms with van der Waals surface area (Å²) >= 11 is 6.00. The number of nitrogens with one attached hydrogen (secondary N) is 1. The molecule has 3 aromatic rings. The molecule has 7 nitrogen and oxygen atoms in total. The molecule has 1 aliphatic rings. The molecule has 1 N–H and O–H groups in total. The number of halogens is 4. The number of allylic oxidation sites excluding steroid dienone is 3. The number of nitrogens with zero attached hydrogens (tertiary/aromatic N) is 3. The number of amides is 1. The monoisotopic (exact) mass is 530 g/mol. The Kier molecular flexibility index (Phi) is 7.68. The van der Waals surface area contributed by atoms with Crippen molar-refractivity contribution in [1.29, 1.82) is 0 Å². The lowest BCUT2D eigenvalue weighted by atomic mass is 10.1. The summed E-state index contributed by atoms with van der Waals surface area (Å²) in [7, 11) is 0. The molecule has 0 fully saturated rings. The molecule has 0 saturated heterocycles. The first kappa shape index (κ1) is 26.0. The van der Waals surface area contributed by atoms with Gasteiger partial charge < -0.3 is 19.4 Å². The summed E-state index contributed by atoms with van der Waals surface area (Å²) in [4.78, 5) is 23.3. The minimum atomic E-state index is -4.75. The lowest BCUT2D eigenvalue weighted by Crippen LogP contribution is -2.34. The van der Waals surface area contributed by atoms with Crippen molar-refractivity contribution in [1.82, 2.24) is 15.2 Å². The van der Waals surface area contributed by atoms with Crippen LogP contribution in [0.15, 0.2) is 86.7 Å². The second kappa shape index (κ2) is 10.9. The van der Waals surface area contributed by atoms with Crippen LogP contribution in [0.25, 0.3) is 22.2 Å². The van der Waals surface area contributed by atoms with Crippen molar-refractivity contribution in [3.8, 4) is 16.9 Å². The number of alkyl halides is 3. The Bertz CT molecular complexity index is 1410. The van der Waals surface area contributed by atoms with E-state index in [1.54, 1.807) is 41.5 Å². The smallest absolute Gasteiger partial charge is 0.439 e. The van der Waals surface area contributed by atoms with E-state index in [0.29, 0.717) is 46.1 Å². The highest BCUT2D eigenvalue weighted by molar-refractivity contribution is 6.31. The molecule has 1 amide bonds. The van der Waals surface area contributed by atoms with Gasteiger partial charge in [-0.2, -0.15) is 0 Å². The summed E-state index contributed by atoms with van der Waals surface area (Å²) in [5, 5.41) is 3.39. The van der Waals surface area contributed by atoms with Crippen molar-refractivity contribution >= 4 is 35.3 Å². The molecule has 4 rings (SSSR count). The highest BCUT2D eigenvalue weighted by atomic mass is 35.5. The third-order valence-corrected chi connectivity index (χ3v) is 5.73. The van der Waals surface area contributed by atoms with E-state index in [9.17, 15) is 18.0 Å². The molecule has 0 atom stereocenters. The van der Waals surface area contributed by atoms with Gasteiger partial charge in [-0.05, 0) is 60.7 Å². The number of carbonyl (C=O) groups is 1. The lowest BCUT2D eigenvalue weighted by Gasteiger charge is -2.25. The van der Waals surface area contributed by atoms with E-state index < -0.39 is 6.36 Å². The first-order valence-electron chi connectivity index (χ1n) is 11.2. The summed E-state index contributed by atoms with van der Waals surface area (Å²) in [6.45, 7) is 5.89. The zero-order valence-corrected chi connectivity index (χ0v) is 20.4. The average molecular weight is 531 g/mol. The Morgan fingerprint density at radius 3 is 2.59 bits per heavy atom. The second-order valence-electron chi connectivity index (χ2n) is 7.91. The van der Waals surface area contributed by atoms with Crippen LogP contribution < -0.4 is 10.1 Å². The van der Waals surface area contributed by atoms with Gasteiger partial charge in [0, 0.05) is 17.8 Å². The SMILES string of the molecule is C=N/C(CC)=C(/C(=O)NCc1nc2cc(-c3ccc(OC(F)(F)F)cc3)ccc2o1)N1C=CC(Cl)=CC1. The molecule has 11 heteroatoms. The standard InChI is InChI=1S/C26H22ClF3N4O3/c1-3-20(31-2)24(34-12-10-18(27)11-13-34)25(35)32-15-23-33-21-14-17(6-9-22(21)36-23)16-4-7-19(8-5-16)37-26(28,29)30/h4-12,14H,2-3,13,15H2,1H3,(H,32,35)/b24-20-. The minimum Gasteiger partial charge on any atom is -0.439 e. The van der Waals surface area contributed by atoms with Gasteiger partial charge in [0.25, 0.3) is 5.91 Å². The van der Waals surface area contributed by atoms with E-state index in [2.05, 4.69) is 26.7 Å². The first-order chi connectivity index (χ1) is 17.7. The van der Waals surface area contributed by atoms with E-state index in [1.807, 2.05) is 6.92 Å². The van der Waals surface area contributed by atoms with E-state index in [0.717, 1.165) is 5.56 Å². The molecule has 0 spiro atoms. The number of hydrogen-bond acceptors (Lipinski definition) is 6. The maximum Gasteiger partial charge on any atom is 0.573 e. The molecule has 2 heterocycles. The second-order valence-corrected chi connectivity index (χ2v) is 8.35. The third kappa shape index (κ3) is 6.39. The van der Waals surface area contributed by atoms with Gasteiger partial charge in [0.15, 0.2) is 5.58 Å². The molecule has 0 aliphatic carbocycles. The zero-order valence-electron chi connectivity index (χ0n) is 19.7. The van der Waals surface area contributed by atoms with Crippen LogP contribution in [0.1, 0.15) is 19.2 Å². The fraction of sp³-hybridized carbons (Fsp3) is 0.192. The van der Waals surface area contributed by atoms with Crippen LogP contribution in [0.4, 0.5) is 13.2 Å². The number of carbonyl (C=O) groups excluding carboxylic acids is 1. The maximum absolute atomic E-state index is 13.1. The van der Waals surface area contributed by atoms with E-state index >= 15 is 0 Å². The molecule has 1 aliphatic heterocycles. The van der Waals surface area contributed by atoms with Crippen LogP contribution in [0.5, 0.6) is 5.75 Å². The Morgan fingerprint density at radius 2 is 1.97 bits per heavy atom. The van der Waals surface area contributed by atoms with Gasteiger partial charge in [-0.1, -0.05) is 36.7 Å². The van der Waals surface area contributed by atoms with Crippen LogP contribution in [-0.2, 0) is 11.3 Å². The Balaban J connectivity index is 1.49. The van der Waals surface area contributed by atoms with Gasteiger partial charge in [0.05, 0.1) is 12.2 Å². The summed E-state index contributed by atoms with van der Waals surface area (Å²) in [5.41, 5.74) is 3.33. The number of aromatic nitrogens is 1. The van der Waals surface area contributed by atoms with Crippen molar-refractivity contribution in [3.63, 3.8) is 0 Å². The molecule has 0 unspecified atom stereocenters. The highest BCUT2D eigenvalue weighted by Gasteiger charge is 2.31. The van der Waals surface area contributed by atoms with Crippen molar-refractivity contribution < 1.29 is 27.1 Å². The minimum absolute atomic E-state index is 0.0259. The van der Waals surface area contributed by atoms with E-state index in [1.165, 1.54) is 24.3 Å². The highest BCUT2D eigenvalue weighted by Crippen LogP contribution is 2.29. The Labute approximate surface area is 215 Å². The molecule has 1 aromatic heterocycles. The normalized spacial score (nSPS) is 14.3. The summed E-state index contributed by atoms with van der Waals surface area (Å²) in [5.74, 6) is -0.387. The van der Waals surface area contributed by atoms with Gasteiger partial charge in [-0.15, -0.1) is 13.2 Å². The topological polar surface area (TPSA) is 80.0 Å². The molecule has 2 aromatic carbocycles. The number of aliphatic imine (C=N–C) groups is 1. The van der Waals surface area contributed by atoms with Crippen LogP contribution in [0.2, 0.25) is 0 Å². The lowest BCUT2D eigenvalue weighted by molar-refractivity contribution is -0.274. The molecular weight excluding hydrogens is 509 g/mol. The van der Waals surface area contributed by atoms with Crippen LogP contribution in [-0.4, -0.2) is 35.4 Å². The van der Waals surface area contributed by atoms with Crippen LogP contribution >= 0.6 is 11.6 Å². The predicted molar refractivity (Wildman–Crippen MR) is 135 cm³/mol. The number of ether oxygens (including phenoxy) is 1.